The number of benzene rings is 1. The van der Waals surface area contributed by atoms with Crippen LogP contribution in [0.3, 0.4) is 0 Å². The fourth-order valence-corrected chi connectivity index (χ4v) is 2.97. The van der Waals surface area contributed by atoms with Crippen molar-refractivity contribution in [1.29, 1.82) is 0 Å². The van der Waals surface area contributed by atoms with Gasteiger partial charge in [0.05, 0.1) is 19.7 Å². The zero-order valence-corrected chi connectivity index (χ0v) is 11.9. The van der Waals surface area contributed by atoms with Crippen LogP contribution >= 0.6 is 0 Å². The third-order valence-corrected chi connectivity index (χ3v) is 3.89. The van der Waals surface area contributed by atoms with E-state index in [1.807, 2.05) is 41.4 Å². The normalized spacial score (nSPS) is 18.2. The molecule has 0 saturated carbocycles. The van der Waals surface area contributed by atoms with Gasteiger partial charge in [0.1, 0.15) is 5.75 Å². The molecule has 1 aromatic carbocycles. The number of nitrogens with zero attached hydrogens (tertiary/aromatic N) is 2. The molecule has 21 heavy (non-hydrogen) atoms. The van der Waals surface area contributed by atoms with E-state index >= 15 is 0 Å². The maximum Gasteiger partial charge on any atom is 0.317 e. The van der Waals surface area contributed by atoms with E-state index in [-0.39, 0.29) is 12.6 Å². The monoisotopic (exact) mass is 286 g/mol. The highest BCUT2D eigenvalue weighted by Crippen LogP contribution is 2.33. The minimum absolute atomic E-state index is 0.0348. The van der Waals surface area contributed by atoms with Gasteiger partial charge in [-0.3, -0.25) is 9.69 Å². The van der Waals surface area contributed by atoms with E-state index in [9.17, 15) is 4.79 Å². The number of hydrogen-bond donors (Lipinski definition) is 1. The first kappa shape index (κ1) is 13.7. The van der Waals surface area contributed by atoms with E-state index in [0.29, 0.717) is 0 Å². The molecule has 3 rings (SSSR count). The maximum atomic E-state index is 11.1. The summed E-state index contributed by atoms with van der Waals surface area (Å²) in [6.07, 6.45) is 2.04. The van der Waals surface area contributed by atoms with Crippen LogP contribution in [0.5, 0.6) is 5.75 Å². The Hall–Kier alpha value is -2.27. The topological polar surface area (TPSA) is 54.7 Å². The third-order valence-electron chi connectivity index (χ3n) is 3.89. The molecule has 0 spiro atoms. The molecule has 1 unspecified atom stereocenters. The molecule has 0 radical (unpaired) electrons. The Kier molecular flexibility index (Phi) is 3.66. The molecule has 5 nitrogen and oxygen atoms in total. The quantitative estimate of drug-likeness (QED) is 0.934. The molecule has 0 aliphatic carbocycles. The first-order valence-electron chi connectivity index (χ1n) is 6.94. The van der Waals surface area contributed by atoms with Gasteiger partial charge in [0.25, 0.3) is 0 Å². The van der Waals surface area contributed by atoms with Gasteiger partial charge >= 0.3 is 5.97 Å². The molecule has 110 valence electrons. The molecule has 0 bridgehead atoms. The third kappa shape index (κ3) is 2.64. The van der Waals surface area contributed by atoms with Crippen molar-refractivity contribution in [3.63, 3.8) is 0 Å². The number of carboxylic acids is 1. The predicted molar refractivity (Wildman–Crippen MR) is 78.5 cm³/mol. The smallest absolute Gasteiger partial charge is 0.317 e. The minimum Gasteiger partial charge on any atom is -0.497 e. The van der Waals surface area contributed by atoms with Gasteiger partial charge in [-0.05, 0) is 29.8 Å². The van der Waals surface area contributed by atoms with Crippen molar-refractivity contribution in [2.75, 3.05) is 20.2 Å². The average Bonchev–Trinajstić information content (AvgIpc) is 2.95. The average molecular weight is 286 g/mol. The van der Waals surface area contributed by atoms with Crippen molar-refractivity contribution in [2.24, 2.45) is 0 Å². The first-order valence-corrected chi connectivity index (χ1v) is 6.94. The Labute approximate surface area is 123 Å². The zero-order chi connectivity index (χ0) is 14.8. The van der Waals surface area contributed by atoms with Gasteiger partial charge in [0.2, 0.25) is 0 Å². The number of rotatable bonds is 4. The second-order valence-electron chi connectivity index (χ2n) is 5.17. The van der Waals surface area contributed by atoms with E-state index in [1.165, 1.54) is 0 Å². The van der Waals surface area contributed by atoms with Gasteiger partial charge in [-0.1, -0.05) is 12.1 Å². The van der Waals surface area contributed by atoms with Crippen LogP contribution in [-0.4, -0.2) is 40.7 Å². The van der Waals surface area contributed by atoms with E-state index < -0.39 is 5.97 Å². The zero-order valence-electron chi connectivity index (χ0n) is 11.9. The molecule has 0 fully saturated rings. The molecule has 2 heterocycles. The summed E-state index contributed by atoms with van der Waals surface area (Å²) in [6.45, 7) is 1.57. The summed E-state index contributed by atoms with van der Waals surface area (Å²) in [5.74, 6) is -0.0191. The summed E-state index contributed by atoms with van der Waals surface area (Å²) in [6, 6.07) is 11.8. The van der Waals surface area contributed by atoms with E-state index in [0.717, 1.165) is 30.1 Å². The summed E-state index contributed by atoms with van der Waals surface area (Å²) >= 11 is 0. The molecule has 5 heteroatoms. The van der Waals surface area contributed by atoms with Crippen molar-refractivity contribution in [1.82, 2.24) is 9.47 Å². The lowest BCUT2D eigenvalue weighted by atomic mass is 9.99. The van der Waals surface area contributed by atoms with E-state index in [2.05, 4.69) is 10.6 Å². The number of ether oxygens (including phenoxy) is 1. The largest absolute Gasteiger partial charge is 0.497 e. The number of fused-ring (bicyclic) bond motifs is 1. The van der Waals surface area contributed by atoms with Crippen LogP contribution in [0.4, 0.5) is 0 Å². The van der Waals surface area contributed by atoms with Crippen molar-refractivity contribution >= 4 is 5.97 Å². The lowest BCUT2D eigenvalue weighted by molar-refractivity contribution is -0.139. The number of methoxy groups -OCH3 is 1. The predicted octanol–water partition coefficient (Wildman–Crippen LogP) is 1.99. The molecule has 0 saturated heterocycles. The number of aromatic nitrogens is 1. The summed E-state index contributed by atoms with van der Waals surface area (Å²) in [5, 5.41) is 9.16. The SMILES string of the molecule is COc1cccc(C2c3cccn3CCN2CC(=O)O)c1. The summed E-state index contributed by atoms with van der Waals surface area (Å²) in [7, 11) is 1.64. The van der Waals surface area contributed by atoms with Gasteiger partial charge in [-0.15, -0.1) is 0 Å². The lowest BCUT2D eigenvalue weighted by Crippen LogP contribution is -2.41. The van der Waals surface area contributed by atoms with Crippen LogP contribution in [0.15, 0.2) is 42.6 Å². The van der Waals surface area contributed by atoms with Crippen LogP contribution in [0.1, 0.15) is 17.3 Å². The van der Waals surface area contributed by atoms with Gasteiger partial charge in [-0.25, -0.2) is 0 Å². The molecule has 1 atom stereocenters. The van der Waals surface area contributed by atoms with Crippen LogP contribution in [0.2, 0.25) is 0 Å². The Bertz CT molecular complexity index is 650. The van der Waals surface area contributed by atoms with Crippen LogP contribution < -0.4 is 4.74 Å². The van der Waals surface area contributed by atoms with Gasteiger partial charge < -0.3 is 14.4 Å². The molecular weight excluding hydrogens is 268 g/mol. The van der Waals surface area contributed by atoms with Gasteiger partial charge in [0, 0.05) is 25.0 Å². The summed E-state index contributed by atoms with van der Waals surface area (Å²) in [5.41, 5.74) is 2.17. The standard InChI is InChI=1S/C16H18N2O3/c1-21-13-5-2-4-12(10-13)16-14-6-3-7-17(14)8-9-18(16)11-15(19)20/h2-7,10,16H,8-9,11H2,1H3,(H,19,20). The fourth-order valence-electron chi connectivity index (χ4n) is 2.97. The highest BCUT2D eigenvalue weighted by Gasteiger charge is 2.30. The molecule has 1 aliphatic heterocycles. The second-order valence-corrected chi connectivity index (χ2v) is 5.17. The van der Waals surface area contributed by atoms with Crippen molar-refractivity contribution in [3.05, 3.63) is 53.9 Å². The molecule has 1 aliphatic rings. The molecule has 1 aromatic heterocycles. The fraction of sp³-hybridized carbons (Fsp3) is 0.312. The van der Waals surface area contributed by atoms with Gasteiger partial charge in [-0.2, -0.15) is 0 Å². The molecule has 0 amide bonds. The number of carboxylic acid groups (broad SMARTS) is 1. The maximum absolute atomic E-state index is 11.1. The Morgan fingerprint density at radius 3 is 2.95 bits per heavy atom. The van der Waals surface area contributed by atoms with E-state index in [1.54, 1.807) is 7.11 Å². The summed E-state index contributed by atoms with van der Waals surface area (Å²) < 4.78 is 7.47. The van der Waals surface area contributed by atoms with Crippen LogP contribution in [0, 0.1) is 0 Å². The van der Waals surface area contributed by atoms with Crippen LogP contribution in [-0.2, 0) is 11.3 Å². The van der Waals surface area contributed by atoms with Crippen LogP contribution in [0.25, 0.3) is 0 Å². The molecular formula is C16H18N2O3. The number of carbonyl (C=O) groups is 1. The Morgan fingerprint density at radius 2 is 2.19 bits per heavy atom. The summed E-state index contributed by atoms with van der Waals surface area (Å²) in [4.78, 5) is 13.1. The highest BCUT2D eigenvalue weighted by atomic mass is 16.5. The lowest BCUT2D eigenvalue weighted by Gasteiger charge is -2.36. The Balaban J connectivity index is 2.03. The van der Waals surface area contributed by atoms with Crippen molar-refractivity contribution in [3.8, 4) is 5.75 Å². The Morgan fingerprint density at radius 1 is 1.33 bits per heavy atom. The number of hydrogen-bond acceptors (Lipinski definition) is 3. The second kappa shape index (κ2) is 5.61. The van der Waals surface area contributed by atoms with E-state index in [4.69, 9.17) is 9.84 Å². The van der Waals surface area contributed by atoms with Crippen molar-refractivity contribution < 1.29 is 14.6 Å². The highest BCUT2D eigenvalue weighted by molar-refractivity contribution is 5.69. The van der Waals surface area contributed by atoms with Crippen molar-refractivity contribution in [2.45, 2.75) is 12.6 Å². The first-order chi connectivity index (χ1) is 10.2. The van der Waals surface area contributed by atoms with Gasteiger partial charge in [0.15, 0.2) is 0 Å². The molecule has 2 aromatic rings. The minimum atomic E-state index is -0.803. The molecule has 1 N–H and O–H groups in total. The number of aliphatic carboxylic acids is 1.